The minimum absolute atomic E-state index is 0.0551. The Morgan fingerprint density at radius 1 is 1.69 bits per heavy atom. The average molecular weight is 183 g/mol. The second kappa shape index (κ2) is 3.66. The van der Waals surface area contributed by atoms with Gasteiger partial charge in [-0.05, 0) is 0 Å². The molecule has 0 aromatic heterocycles. The number of alkyl halides is 1. The molecule has 0 aromatic rings. The molecule has 0 spiro atoms. The van der Waals surface area contributed by atoms with Crippen LogP contribution in [0.5, 0.6) is 0 Å². The Kier molecular flexibility index (Phi) is 2.53. The van der Waals surface area contributed by atoms with E-state index in [1.165, 1.54) is 0 Å². The van der Waals surface area contributed by atoms with Gasteiger partial charge in [-0.2, -0.15) is 0 Å². The number of nitrogens with one attached hydrogen (secondary N) is 2. The van der Waals surface area contributed by atoms with E-state index < -0.39 is 6.17 Å². The smallest absolute Gasteiger partial charge is 0.237 e. The van der Waals surface area contributed by atoms with Gasteiger partial charge in [0.25, 0.3) is 0 Å². The van der Waals surface area contributed by atoms with E-state index in [0.29, 0.717) is 25.3 Å². The van der Waals surface area contributed by atoms with Crippen molar-refractivity contribution in [2.24, 2.45) is 0 Å². The van der Waals surface area contributed by atoms with Crippen LogP contribution in [-0.2, 0) is 4.79 Å². The van der Waals surface area contributed by atoms with Gasteiger partial charge in [0.15, 0.2) is 0 Å². The molecular weight excluding hydrogens is 170 g/mol. The molecule has 2 saturated heterocycles. The number of rotatable bonds is 3. The van der Waals surface area contributed by atoms with Crippen LogP contribution in [0.15, 0.2) is 0 Å². The molecule has 13 heavy (non-hydrogen) atoms. The van der Waals surface area contributed by atoms with Crippen LogP contribution in [0.1, 0.15) is 6.42 Å². The lowest BCUT2D eigenvalue weighted by molar-refractivity contribution is -0.122. The zero-order valence-electron chi connectivity index (χ0n) is 7.42. The highest BCUT2D eigenvalue weighted by molar-refractivity contribution is 6.51. The summed E-state index contributed by atoms with van der Waals surface area (Å²) in [4.78, 5) is 11.4. The highest BCUT2D eigenvalue weighted by Crippen LogP contribution is 2.25. The van der Waals surface area contributed by atoms with Crippen molar-refractivity contribution in [2.45, 2.75) is 30.8 Å². The van der Waals surface area contributed by atoms with E-state index in [1.54, 1.807) is 0 Å². The molecule has 2 heterocycles. The number of carbonyl (C=O) groups is 1. The van der Waals surface area contributed by atoms with E-state index in [0.717, 1.165) is 6.32 Å². The Hall–Kier alpha value is -0.575. The summed E-state index contributed by atoms with van der Waals surface area (Å²) in [6.07, 6.45) is 0.563. The third-order valence-corrected chi connectivity index (χ3v) is 2.50. The van der Waals surface area contributed by atoms with Crippen LogP contribution in [0, 0.1) is 0 Å². The summed E-state index contributed by atoms with van der Waals surface area (Å²) in [5.74, 6) is 0.506. The Morgan fingerprint density at radius 2 is 2.46 bits per heavy atom. The molecule has 5 heteroatoms. The van der Waals surface area contributed by atoms with Gasteiger partial charge in [-0.1, -0.05) is 12.1 Å². The number of hydrogen-bond acceptors (Lipinski definition) is 2. The van der Waals surface area contributed by atoms with E-state index >= 15 is 0 Å². The maximum atomic E-state index is 12.7. The van der Waals surface area contributed by atoms with Crippen molar-refractivity contribution in [2.75, 3.05) is 13.1 Å². The fourth-order valence-corrected chi connectivity index (χ4v) is 1.51. The van der Waals surface area contributed by atoms with Gasteiger partial charge in [-0.3, -0.25) is 4.79 Å². The van der Waals surface area contributed by atoms with Crippen LogP contribution < -0.4 is 10.6 Å². The van der Waals surface area contributed by atoms with Crippen molar-refractivity contribution in [3.05, 3.63) is 0 Å². The lowest BCUT2D eigenvalue weighted by atomic mass is 10.0. The summed E-state index contributed by atoms with van der Waals surface area (Å²) in [5.41, 5.74) is 0. The second-order valence-corrected chi connectivity index (χ2v) is 3.77. The summed E-state index contributed by atoms with van der Waals surface area (Å²) in [5, 5.41) is 5.66. The largest absolute Gasteiger partial charge is 0.355 e. The third-order valence-electron chi connectivity index (χ3n) is 2.50. The van der Waals surface area contributed by atoms with Crippen LogP contribution in [0.25, 0.3) is 0 Å². The van der Waals surface area contributed by atoms with E-state index in [1.807, 2.05) is 0 Å². The molecule has 71 valence electrons. The molecule has 3 nitrogen and oxygen atoms in total. The molecule has 2 N–H and O–H groups in total. The van der Waals surface area contributed by atoms with Crippen LogP contribution in [-0.4, -0.2) is 38.5 Å². The summed E-state index contributed by atoms with van der Waals surface area (Å²) < 4.78 is 12.7. The first-order chi connectivity index (χ1) is 6.25. The first-order valence-electron chi connectivity index (χ1n) is 4.74. The predicted octanol–water partition coefficient (Wildman–Crippen LogP) is -0.273. The second-order valence-electron chi connectivity index (χ2n) is 3.77. The molecule has 1 amide bonds. The molecular formula is C8H13BFN2O. The molecule has 2 aliphatic rings. The van der Waals surface area contributed by atoms with Crippen LogP contribution in [0.3, 0.4) is 0 Å². The maximum Gasteiger partial charge on any atom is 0.237 e. The maximum absolute atomic E-state index is 12.7. The zero-order chi connectivity index (χ0) is 9.26. The fourth-order valence-electron chi connectivity index (χ4n) is 1.51. The summed E-state index contributed by atoms with van der Waals surface area (Å²) in [7, 11) is 2.15. The van der Waals surface area contributed by atoms with Gasteiger partial charge in [0.2, 0.25) is 5.91 Å². The highest BCUT2D eigenvalue weighted by atomic mass is 19.1. The lowest BCUT2D eigenvalue weighted by Gasteiger charge is -2.09. The minimum atomic E-state index is -0.858. The summed E-state index contributed by atoms with van der Waals surface area (Å²) in [6, 6.07) is -0.311. The standard InChI is InChI=1S/C8H13BFN2O/c10-6-1-7(11-4-6)8(13)12-3-5-2-9-5/h5-7,11H,1-4H2,(H,12,13)/t5?,6-,7+/m1/s1. The molecule has 0 saturated carbocycles. The van der Waals surface area contributed by atoms with E-state index in [4.69, 9.17) is 0 Å². The molecule has 2 rings (SSSR count). The minimum Gasteiger partial charge on any atom is -0.355 e. The van der Waals surface area contributed by atoms with Gasteiger partial charge in [0, 0.05) is 19.5 Å². The van der Waals surface area contributed by atoms with Crippen LogP contribution >= 0.6 is 0 Å². The Balaban J connectivity index is 1.69. The third kappa shape index (κ3) is 2.43. The van der Waals surface area contributed by atoms with Gasteiger partial charge in [0.1, 0.15) is 13.5 Å². The lowest BCUT2D eigenvalue weighted by Crippen LogP contribution is -2.40. The van der Waals surface area contributed by atoms with Gasteiger partial charge in [-0.25, -0.2) is 4.39 Å². The number of hydrogen-bond donors (Lipinski definition) is 2. The molecule has 0 bridgehead atoms. The molecule has 0 aliphatic carbocycles. The van der Waals surface area contributed by atoms with Crippen molar-refractivity contribution in [1.82, 2.24) is 10.6 Å². The van der Waals surface area contributed by atoms with Crippen molar-refractivity contribution in [1.29, 1.82) is 0 Å². The number of carbonyl (C=O) groups excluding carboxylic acids is 1. The first-order valence-corrected chi connectivity index (χ1v) is 4.74. The molecule has 1 radical (unpaired) electrons. The van der Waals surface area contributed by atoms with Gasteiger partial charge >= 0.3 is 0 Å². The number of amides is 1. The summed E-state index contributed by atoms with van der Waals surface area (Å²) >= 11 is 0. The normalized spacial score (nSPS) is 36.8. The topological polar surface area (TPSA) is 41.1 Å². The monoisotopic (exact) mass is 183 g/mol. The quantitative estimate of drug-likeness (QED) is 0.591. The Labute approximate surface area is 77.7 Å². The molecule has 0 aromatic carbocycles. The van der Waals surface area contributed by atoms with Crippen LogP contribution in [0.4, 0.5) is 4.39 Å². The molecule has 3 atom stereocenters. The summed E-state index contributed by atoms with van der Waals surface area (Å²) in [6.45, 7) is 1.03. The van der Waals surface area contributed by atoms with Crippen molar-refractivity contribution in [3.8, 4) is 0 Å². The zero-order valence-corrected chi connectivity index (χ0v) is 7.42. The van der Waals surface area contributed by atoms with Crippen molar-refractivity contribution < 1.29 is 9.18 Å². The average Bonchev–Trinajstić information content (AvgIpc) is 2.84. The fraction of sp³-hybridized carbons (Fsp3) is 0.875. The Morgan fingerprint density at radius 3 is 3.00 bits per heavy atom. The molecule has 2 aliphatic heterocycles. The van der Waals surface area contributed by atoms with Crippen molar-refractivity contribution in [3.63, 3.8) is 0 Å². The van der Waals surface area contributed by atoms with Crippen molar-refractivity contribution >= 4 is 13.2 Å². The van der Waals surface area contributed by atoms with E-state index in [2.05, 4.69) is 17.9 Å². The van der Waals surface area contributed by atoms with Gasteiger partial charge < -0.3 is 10.6 Å². The SMILES string of the molecule is O=C(NCC1[B]C1)[C@@H]1C[C@@H](F)CN1. The molecule has 2 fully saturated rings. The number of halogens is 1. The Bertz CT molecular complexity index is 210. The highest BCUT2D eigenvalue weighted by Gasteiger charge is 2.30. The first kappa shape index (κ1) is 9.00. The molecule has 1 unspecified atom stereocenters. The van der Waals surface area contributed by atoms with Gasteiger partial charge in [0.05, 0.1) is 6.04 Å². The van der Waals surface area contributed by atoms with Crippen LogP contribution in [0.2, 0.25) is 12.1 Å². The van der Waals surface area contributed by atoms with Gasteiger partial charge in [-0.15, -0.1) is 0 Å². The van der Waals surface area contributed by atoms with E-state index in [-0.39, 0.29) is 11.9 Å². The van der Waals surface area contributed by atoms with E-state index in [9.17, 15) is 9.18 Å². The predicted molar refractivity (Wildman–Crippen MR) is 48.6 cm³/mol.